The Morgan fingerprint density at radius 1 is 1.00 bits per heavy atom. The second-order valence-corrected chi connectivity index (χ2v) is 11.7. The maximum Gasteiger partial charge on any atom is 0.239 e. The van der Waals surface area contributed by atoms with Gasteiger partial charge in [0.2, 0.25) is 11.8 Å². The van der Waals surface area contributed by atoms with Crippen molar-refractivity contribution in [2.45, 2.75) is 108 Å². The highest BCUT2D eigenvalue weighted by atomic mass is 16.7. The van der Waals surface area contributed by atoms with Gasteiger partial charge >= 0.3 is 0 Å². The van der Waals surface area contributed by atoms with Crippen LogP contribution in [-0.4, -0.2) is 54.7 Å². The van der Waals surface area contributed by atoms with Crippen molar-refractivity contribution in [3.05, 3.63) is 0 Å². The van der Waals surface area contributed by atoms with Crippen LogP contribution in [0.3, 0.4) is 0 Å². The lowest BCUT2D eigenvalue weighted by Crippen LogP contribution is -2.63. The van der Waals surface area contributed by atoms with Gasteiger partial charge in [-0.1, -0.05) is 20.3 Å². The number of nitrogens with two attached hydrogens (primary N) is 1. The molecule has 10 unspecified atom stereocenters. The molecule has 5 fully saturated rings. The first kappa shape index (κ1) is 23.5. The lowest BCUT2D eigenvalue weighted by atomic mass is 9.76. The number of hydroxylamine groups is 1. The van der Waals surface area contributed by atoms with Crippen molar-refractivity contribution in [2.24, 2.45) is 35.3 Å². The summed E-state index contributed by atoms with van der Waals surface area (Å²) in [6.07, 6.45) is 9.84. The topological polar surface area (TPSA) is 118 Å². The third-order valence-corrected chi connectivity index (χ3v) is 9.18. The third kappa shape index (κ3) is 5.09. The third-order valence-electron chi connectivity index (χ3n) is 9.18. The summed E-state index contributed by atoms with van der Waals surface area (Å²) in [4.78, 5) is 32.0. The average molecular weight is 462 g/mol. The Balaban J connectivity index is 1.15. The summed E-state index contributed by atoms with van der Waals surface area (Å²) in [6, 6.07) is 0.280. The van der Waals surface area contributed by atoms with E-state index in [0.29, 0.717) is 30.2 Å². The van der Waals surface area contributed by atoms with Crippen molar-refractivity contribution < 1.29 is 14.4 Å². The zero-order valence-corrected chi connectivity index (χ0v) is 20.2. The Bertz CT molecular complexity index is 731. The quantitative estimate of drug-likeness (QED) is 0.406. The zero-order chi connectivity index (χ0) is 23.1. The number of hydrogen-bond donors (Lipinski definition) is 5. The minimum absolute atomic E-state index is 0.0294. The fraction of sp³-hybridized carbons (Fsp3) is 0.920. The Morgan fingerprint density at radius 3 is 2.48 bits per heavy atom. The van der Waals surface area contributed by atoms with E-state index in [9.17, 15) is 9.59 Å². The van der Waals surface area contributed by atoms with Gasteiger partial charge in [-0.3, -0.25) is 14.4 Å². The molecule has 2 amide bonds. The number of amides is 2. The van der Waals surface area contributed by atoms with Crippen molar-refractivity contribution in [3.63, 3.8) is 0 Å². The summed E-state index contributed by atoms with van der Waals surface area (Å²) in [7, 11) is 0. The van der Waals surface area contributed by atoms with E-state index in [4.69, 9.17) is 10.6 Å². The van der Waals surface area contributed by atoms with Crippen molar-refractivity contribution >= 4 is 11.8 Å². The molecule has 0 aromatic carbocycles. The van der Waals surface area contributed by atoms with E-state index in [0.717, 1.165) is 44.9 Å². The minimum atomic E-state index is -0.276. The Morgan fingerprint density at radius 2 is 1.82 bits per heavy atom. The number of nitrogens with one attached hydrogen (secondary N) is 4. The van der Waals surface area contributed by atoms with Gasteiger partial charge in [0, 0.05) is 30.7 Å². The van der Waals surface area contributed by atoms with Crippen LogP contribution in [0.1, 0.15) is 71.6 Å². The molecule has 0 radical (unpaired) electrons. The largest absolute Gasteiger partial charge is 0.352 e. The van der Waals surface area contributed by atoms with Gasteiger partial charge in [0.05, 0.1) is 12.0 Å². The molecule has 2 saturated heterocycles. The van der Waals surface area contributed by atoms with Crippen LogP contribution in [0.25, 0.3) is 0 Å². The van der Waals surface area contributed by atoms with Gasteiger partial charge < -0.3 is 21.7 Å². The molecule has 5 aliphatic rings. The van der Waals surface area contributed by atoms with E-state index in [1.807, 2.05) is 0 Å². The van der Waals surface area contributed by atoms with Gasteiger partial charge in [0.25, 0.3) is 0 Å². The van der Waals surface area contributed by atoms with Crippen molar-refractivity contribution in [1.82, 2.24) is 21.4 Å². The maximum atomic E-state index is 13.3. The lowest BCUT2D eigenvalue weighted by Gasteiger charge is -2.43. The molecule has 0 spiro atoms. The van der Waals surface area contributed by atoms with Crippen LogP contribution < -0.4 is 27.2 Å². The predicted octanol–water partition coefficient (Wildman–Crippen LogP) is 1.20. The highest BCUT2D eigenvalue weighted by Gasteiger charge is 2.45. The minimum Gasteiger partial charge on any atom is -0.352 e. The van der Waals surface area contributed by atoms with Gasteiger partial charge in [0.1, 0.15) is 6.04 Å². The first-order valence-electron chi connectivity index (χ1n) is 13.4. The van der Waals surface area contributed by atoms with Gasteiger partial charge in [-0.2, -0.15) is 5.48 Å². The Kier molecular flexibility index (Phi) is 6.98. The monoisotopic (exact) mass is 461 g/mol. The lowest BCUT2D eigenvalue weighted by molar-refractivity contribution is -0.161. The molecule has 0 aromatic rings. The number of hydrogen-bond acceptors (Lipinski definition) is 6. The normalized spacial score (nSPS) is 44.2. The molecule has 186 valence electrons. The van der Waals surface area contributed by atoms with Crippen LogP contribution in [0.15, 0.2) is 0 Å². The molecule has 8 heteroatoms. The molecule has 6 N–H and O–H groups in total. The summed E-state index contributed by atoms with van der Waals surface area (Å²) < 4.78 is 0. The van der Waals surface area contributed by atoms with E-state index >= 15 is 0 Å². The van der Waals surface area contributed by atoms with Crippen LogP contribution >= 0.6 is 0 Å². The molecule has 0 aromatic heterocycles. The number of fused-ring (bicyclic) bond motifs is 1. The zero-order valence-electron chi connectivity index (χ0n) is 20.2. The van der Waals surface area contributed by atoms with Gasteiger partial charge in [-0.25, -0.2) is 0 Å². The Labute approximate surface area is 197 Å². The van der Waals surface area contributed by atoms with E-state index in [1.54, 1.807) is 0 Å². The molecule has 2 aliphatic heterocycles. The van der Waals surface area contributed by atoms with E-state index in [-0.39, 0.29) is 54.0 Å². The standard InChI is InChI=1S/C25H43N5O3/c1-13-4-3-5-16-11-20(30-33-23(13)16)25(32)29-22(15-6-7-15)21-14(2)10-17(12-27-21)24(31)28-19-9-8-18(19)26/h13-23,27,30H,3-12,26H2,1-2H3,(H,28,31)(H,29,32). The first-order chi connectivity index (χ1) is 15.9. The van der Waals surface area contributed by atoms with Crippen LogP contribution in [0, 0.1) is 29.6 Å². The van der Waals surface area contributed by atoms with Crippen LogP contribution in [0.2, 0.25) is 0 Å². The van der Waals surface area contributed by atoms with E-state index < -0.39 is 0 Å². The molecule has 5 rings (SSSR count). The van der Waals surface area contributed by atoms with Crippen LogP contribution in [0.4, 0.5) is 0 Å². The second-order valence-electron chi connectivity index (χ2n) is 11.7. The second kappa shape index (κ2) is 9.80. The van der Waals surface area contributed by atoms with Crippen LogP contribution in [-0.2, 0) is 14.4 Å². The highest BCUT2D eigenvalue weighted by Crippen LogP contribution is 2.39. The smallest absolute Gasteiger partial charge is 0.239 e. The van der Waals surface area contributed by atoms with E-state index in [2.05, 4.69) is 35.3 Å². The molecule has 8 nitrogen and oxygen atoms in total. The average Bonchev–Trinajstić information content (AvgIpc) is 3.65. The van der Waals surface area contributed by atoms with Crippen LogP contribution in [0.5, 0.6) is 0 Å². The molecule has 0 bridgehead atoms. The number of carbonyl (C=O) groups is 2. The fourth-order valence-electron chi connectivity index (χ4n) is 6.70. The molecular weight excluding hydrogens is 418 g/mol. The maximum absolute atomic E-state index is 13.3. The molecule has 3 aliphatic carbocycles. The highest BCUT2D eigenvalue weighted by molar-refractivity contribution is 5.82. The summed E-state index contributed by atoms with van der Waals surface area (Å²) in [6.45, 7) is 5.13. The molecule has 10 atom stereocenters. The van der Waals surface area contributed by atoms with Gasteiger partial charge in [-0.15, -0.1) is 0 Å². The molecule has 33 heavy (non-hydrogen) atoms. The Hall–Kier alpha value is -1.22. The first-order valence-corrected chi connectivity index (χ1v) is 13.4. The number of rotatable bonds is 6. The summed E-state index contributed by atoms with van der Waals surface area (Å²) in [5.74, 6) is 2.03. The van der Waals surface area contributed by atoms with Crippen molar-refractivity contribution in [3.8, 4) is 0 Å². The predicted molar refractivity (Wildman–Crippen MR) is 126 cm³/mol. The number of carbonyl (C=O) groups excluding carboxylic acids is 2. The summed E-state index contributed by atoms with van der Waals surface area (Å²) >= 11 is 0. The van der Waals surface area contributed by atoms with Gasteiger partial charge in [0.15, 0.2) is 0 Å². The summed E-state index contributed by atoms with van der Waals surface area (Å²) in [5.41, 5.74) is 9.08. The SMILES string of the molecule is CC1CC(C(=O)NC2CCC2N)CNC1C(NC(=O)C1CC2CCCC(C)C2ON1)C1CC1. The molecule has 3 saturated carbocycles. The number of piperidine rings is 1. The van der Waals surface area contributed by atoms with Crippen molar-refractivity contribution in [1.29, 1.82) is 0 Å². The molecular formula is C25H43N5O3. The van der Waals surface area contributed by atoms with Crippen molar-refractivity contribution in [2.75, 3.05) is 6.54 Å². The van der Waals surface area contributed by atoms with E-state index in [1.165, 1.54) is 12.8 Å². The summed E-state index contributed by atoms with van der Waals surface area (Å²) in [5, 5.41) is 10.2. The molecule has 2 heterocycles. The van der Waals surface area contributed by atoms with Gasteiger partial charge in [-0.05, 0) is 75.0 Å². The fourth-order valence-corrected chi connectivity index (χ4v) is 6.70.